The van der Waals surface area contributed by atoms with Gasteiger partial charge < -0.3 is 9.47 Å². The Balaban J connectivity index is 2.81. The number of ether oxygens (including phenoxy) is 2. The molecular weight excluding hydrogens is 256 g/mol. The largest absolute Gasteiger partial charge is 0.442 e. The first-order valence-electron chi connectivity index (χ1n) is 5.67. The molecule has 0 saturated heterocycles. The lowest BCUT2D eigenvalue weighted by molar-refractivity contribution is -0.131. The van der Waals surface area contributed by atoms with Gasteiger partial charge in [-0.1, -0.05) is 37.1 Å². The van der Waals surface area contributed by atoms with Crippen LogP contribution in [-0.4, -0.2) is 17.5 Å². The molecule has 0 heterocycles. The molecule has 0 unspecified atom stereocenters. The van der Waals surface area contributed by atoms with E-state index >= 15 is 0 Å². The van der Waals surface area contributed by atoms with Gasteiger partial charge in [0.1, 0.15) is 11.3 Å². The highest BCUT2D eigenvalue weighted by atomic mass is 35.5. The third kappa shape index (κ3) is 4.37. The summed E-state index contributed by atoms with van der Waals surface area (Å²) in [7, 11) is 0. The van der Waals surface area contributed by atoms with Crippen molar-refractivity contribution >= 4 is 23.5 Å². The first-order chi connectivity index (χ1) is 8.54. The van der Waals surface area contributed by atoms with Crippen LogP contribution in [0.5, 0.6) is 5.75 Å². The summed E-state index contributed by atoms with van der Waals surface area (Å²) in [6.07, 6.45) is 1.38. The van der Waals surface area contributed by atoms with Crippen LogP contribution in [0.25, 0.3) is 0 Å². The Morgan fingerprint density at radius 3 is 2.61 bits per heavy atom. The van der Waals surface area contributed by atoms with Gasteiger partial charge in [-0.3, -0.25) is 4.79 Å². The highest BCUT2D eigenvalue weighted by Gasteiger charge is 2.17. The van der Waals surface area contributed by atoms with Crippen LogP contribution in [0, 0.1) is 0 Å². The maximum Gasteiger partial charge on any atom is 0.343 e. The Morgan fingerprint density at radius 2 is 2.00 bits per heavy atom. The lowest BCUT2D eigenvalue weighted by Gasteiger charge is -2.12. The van der Waals surface area contributed by atoms with E-state index < -0.39 is 17.5 Å². The normalized spacial score (nSPS) is 11.7. The molecule has 1 aromatic carbocycles. The summed E-state index contributed by atoms with van der Waals surface area (Å²) in [5.74, 6) is -0.915. The van der Waals surface area contributed by atoms with Gasteiger partial charge in [-0.05, 0) is 18.6 Å². The standard InChI is InChI=1S/C13H15ClO4/c1-3-6-12(14)18-13(16)10-7-4-5-8-11(10)17-9(2)15/h4-5,7-8,12H,3,6H2,1-2H3/t12-/m1/s1. The minimum atomic E-state index is -0.673. The average Bonchev–Trinajstić information content (AvgIpc) is 2.28. The second kappa shape index (κ2) is 7.01. The average molecular weight is 271 g/mol. The number of para-hydroxylation sites is 1. The fourth-order valence-electron chi connectivity index (χ4n) is 1.34. The van der Waals surface area contributed by atoms with Crippen LogP contribution in [0.15, 0.2) is 24.3 Å². The van der Waals surface area contributed by atoms with E-state index in [9.17, 15) is 9.59 Å². The summed E-state index contributed by atoms with van der Waals surface area (Å²) < 4.78 is 9.96. The first kappa shape index (κ1) is 14.5. The fourth-order valence-corrected chi connectivity index (χ4v) is 1.64. The zero-order chi connectivity index (χ0) is 13.5. The summed E-state index contributed by atoms with van der Waals surface area (Å²) >= 11 is 5.83. The molecule has 0 aliphatic carbocycles. The Morgan fingerprint density at radius 1 is 1.33 bits per heavy atom. The molecule has 0 fully saturated rings. The van der Waals surface area contributed by atoms with E-state index in [0.29, 0.717) is 6.42 Å². The van der Waals surface area contributed by atoms with Crippen LogP contribution in [0.4, 0.5) is 0 Å². The zero-order valence-corrected chi connectivity index (χ0v) is 11.1. The molecule has 1 atom stereocenters. The summed E-state index contributed by atoms with van der Waals surface area (Å²) in [5.41, 5.74) is -0.484. The molecule has 5 heteroatoms. The fraction of sp³-hybridized carbons (Fsp3) is 0.385. The van der Waals surface area contributed by atoms with Gasteiger partial charge in [-0.25, -0.2) is 4.79 Å². The number of carbonyl (C=O) groups excluding carboxylic acids is 2. The highest BCUT2D eigenvalue weighted by molar-refractivity contribution is 6.20. The van der Waals surface area contributed by atoms with E-state index in [0.717, 1.165) is 6.42 Å². The van der Waals surface area contributed by atoms with Crippen LogP contribution >= 0.6 is 11.6 Å². The Kier molecular flexibility index (Phi) is 5.65. The molecular formula is C13H15ClO4. The lowest BCUT2D eigenvalue weighted by atomic mass is 10.2. The predicted octanol–water partition coefficient (Wildman–Crippen LogP) is 3.13. The van der Waals surface area contributed by atoms with Gasteiger partial charge in [0.05, 0.1) is 0 Å². The molecule has 0 aromatic heterocycles. The minimum absolute atomic E-state index is 0.176. The smallest absolute Gasteiger partial charge is 0.343 e. The van der Waals surface area contributed by atoms with E-state index in [1.807, 2.05) is 6.92 Å². The number of alkyl halides is 1. The zero-order valence-electron chi connectivity index (χ0n) is 10.3. The summed E-state index contributed by atoms with van der Waals surface area (Å²) in [6.45, 7) is 3.21. The Hall–Kier alpha value is -1.55. The predicted molar refractivity (Wildman–Crippen MR) is 67.7 cm³/mol. The van der Waals surface area contributed by atoms with Gasteiger partial charge in [0.2, 0.25) is 0 Å². The van der Waals surface area contributed by atoms with Crippen molar-refractivity contribution in [3.05, 3.63) is 29.8 Å². The molecule has 18 heavy (non-hydrogen) atoms. The van der Waals surface area contributed by atoms with Gasteiger partial charge in [0, 0.05) is 6.92 Å². The molecule has 1 aromatic rings. The number of esters is 2. The van der Waals surface area contributed by atoms with Crippen LogP contribution in [0.2, 0.25) is 0 Å². The topological polar surface area (TPSA) is 52.6 Å². The van der Waals surface area contributed by atoms with Gasteiger partial charge in [-0.15, -0.1) is 0 Å². The van der Waals surface area contributed by atoms with E-state index in [2.05, 4.69) is 0 Å². The number of hydrogen-bond acceptors (Lipinski definition) is 4. The Labute approximate surface area is 111 Å². The summed E-state index contributed by atoms with van der Waals surface area (Å²) in [6, 6.07) is 6.38. The van der Waals surface area contributed by atoms with Gasteiger partial charge in [0.15, 0.2) is 5.56 Å². The van der Waals surface area contributed by atoms with Gasteiger partial charge in [0.25, 0.3) is 0 Å². The molecule has 0 spiro atoms. The van der Waals surface area contributed by atoms with Crippen molar-refractivity contribution in [3.63, 3.8) is 0 Å². The van der Waals surface area contributed by atoms with Crippen LogP contribution in [0.1, 0.15) is 37.0 Å². The highest BCUT2D eigenvalue weighted by Crippen LogP contribution is 2.21. The van der Waals surface area contributed by atoms with E-state index in [1.54, 1.807) is 12.1 Å². The van der Waals surface area contributed by atoms with E-state index in [-0.39, 0.29) is 11.3 Å². The quantitative estimate of drug-likeness (QED) is 0.469. The molecule has 1 rings (SSSR count). The van der Waals surface area contributed by atoms with Gasteiger partial charge >= 0.3 is 11.9 Å². The third-order valence-electron chi connectivity index (χ3n) is 2.11. The van der Waals surface area contributed by atoms with Crippen molar-refractivity contribution in [1.29, 1.82) is 0 Å². The van der Waals surface area contributed by atoms with E-state index in [1.165, 1.54) is 19.1 Å². The van der Waals surface area contributed by atoms with Crippen LogP contribution in [-0.2, 0) is 9.53 Å². The molecule has 0 N–H and O–H groups in total. The van der Waals surface area contributed by atoms with Gasteiger partial charge in [-0.2, -0.15) is 0 Å². The van der Waals surface area contributed by atoms with E-state index in [4.69, 9.17) is 21.1 Å². The van der Waals surface area contributed by atoms with Crippen LogP contribution in [0.3, 0.4) is 0 Å². The molecule has 0 saturated carbocycles. The van der Waals surface area contributed by atoms with Crippen molar-refractivity contribution < 1.29 is 19.1 Å². The first-order valence-corrected chi connectivity index (χ1v) is 6.10. The van der Waals surface area contributed by atoms with Crippen molar-refractivity contribution in [2.24, 2.45) is 0 Å². The number of rotatable bonds is 5. The van der Waals surface area contributed by atoms with Crippen molar-refractivity contribution in [2.75, 3.05) is 0 Å². The third-order valence-corrected chi connectivity index (χ3v) is 2.42. The molecule has 98 valence electrons. The summed E-state index contributed by atoms with van der Waals surface area (Å²) in [4.78, 5) is 22.7. The monoisotopic (exact) mass is 270 g/mol. The van der Waals surface area contributed by atoms with Crippen molar-refractivity contribution in [2.45, 2.75) is 32.3 Å². The number of halogens is 1. The van der Waals surface area contributed by atoms with Crippen molar-refractivity contribution in [1.82, 2.24) is 0 Å². The number of hydrogen-bond donors (Lipinski definition) is 0. The molecule has 0 amide bonds. The molecule has 0 aliphatic rings. The molecule has 4 nitrogen and oxygen atoms in total. The number of carbonyl (C=O) groups is 2. The second-order valence-electron chi connectivity index (χ2n) is 3.69. The maximum absolute atomic E-state index is 11.8. The van der Waals surface area contributed by atoms with Crippen LogP contribution < -0.4 is 4.74 Å². The second-order valence-corrected chi connectivity index (χ2v) is 4.18. The molecule has 0 radical (unpaired) electrons. The Bertz CT molecular complexity index is 431. The summed E-state index contributed by atoms with van der Waals surface area (Å²) in [5, 5.41) is 0. The minimum Gasteiger partial charge on any atom is -0.442 e. The molecule has 0 aliphatic heterocycles. The van der Waals surface area contributed by atoms with Crippen molar-refractivity contribution in [3.8, 4) is 5.75 Å². The lowest BCUT2D eigenvalue weighted by Crippen LogP contribution is -2.14. The SMILES string of the molecule is CCC[C@H](Cl)OC(=O)c1ccccc1OC(C)=O. The maximum atomic E-state index is 11.8. The number of benzene rings is 1. The molecule has 0 bridgehead atoms.